The molecule has 0 bridgehead atoms. The largest absolute Gasteiger partial charge is 0.497 e. The maximum atomic E-state index is 12.9. The van der Waals surface area contributed by atoms with Gasteiger partial charge in [-0.1, -0.05) is 48.0 Å². The number of hydrogen-bond donors (Lipinski definition) is 0. The van der Waals surface area contributed by atoms with Gasteiger partial charge < -0.3 is 4.74 Å². The Labute approximate surface area is 152 Å². The van der Waals surface area contributed by atoms with E-state index in [0.29, 0.717) is 11.3 Å². The van der Waals surface area contributed by atoms with E-state index in [4.69, 9.17) is 4.74 Å². The number of carbonyl (C=O) groups excluding carboxylic acids is 1. The van der Waals surface area contributed by atoms with Gasteiger partial charge in [-0.25, -0.2) is 0 Å². The lowest BCUT2D eigenvalue weighted by atomic mass is 9.99. The maximum Gasteiger partial charge on any atom is 0.193 e. The van der Waals surface area contributed by atoms with Gasteiger partial charge in [-0.2, -0.15) is 0 Å². The molecular weight excluding hydrogens is 328 g/mol. The minimum atomic E-state index is 0.0442. The fourth-order valence-electron chi connectivity index (χ4n) is 2.58. The average molecular weight is 348 g/mol. The molecule has 3 aromatic carbocycles. The molecule has 3 heteroatoms. The number of hydrogen-bond acceptors (Lipinski definition) is 3. The minimum Gasteiger partial charge on any atom is -0.497 e. The molecule has 3 rings (SSSR count). The zero-order chi connectivity index (χ0) is 17.6. The van der Waals surface area contributed by atoms with Crippen molar-refractivity contribution in [2.24, 2.45) is 0 Å². The standard InChI is InChI=1S/C22H20O2S/c1-16-8-11-20(12-9-16)25-15-18-14-19(24-2)10-13-21(18)22(23)17-6-4-3-5-7-17/h3-14H,15H2,1-2H3. The van der Waals surface area contributed by atoms with Gasteiger partial charge in [0.1, 0.15) is 5.75 Å². The third-order valence-electron chi connectivity index (χ3n) is 4.01. The van der Waals surface area contributed by atoms with Gasteiger partial charge >= 0.3 is 0 Å². The summed E-state index contributed by atoms with van der Waals surface area (Å²) in [7, 11) is 1.64. The van der Waals surface area contributed by atoms with Gasteiger partial charge in [-0.15, -0.1) is 11.8 Å². The fourth-order valence-corrected chi connectivity index (χ4v) is 3.47. The molecule has 0 amide bonds. The van der Waals surface area contributed by atoms with Crippen molar-refractivity contribution in [3.8, 4) is 5.75 Å². The molecule has 0 aromatic heterocycles. The molecule has 3 aromatic rings. The highest BCUT2D eigenvalue weighted by atomic mass is 32.2. The maximum absolute atomic E-state index is 12.9. The summed E-state index contributed by atoms with van der Waals surface area (Å²) in [6, 6.07) is 23.5. The summed E-state index contributed by atoms with van der Waals surface area (Å²) in [6.07, 6.45) is 0. The molecule has 0 radical (unpaired) electrons. The first-order valence-electron chi connectivity index (χ1n) is 8.13. The van der Waals surface area contributed by atoms with Crippen molar-refractivity contribution in [3.05, 3.63) is 95.1 Å². The third-order valence-corrected chi connectivity index (χ3v) is 5.07. The average Bonchev–Trinajstić information content (AvgIpc) is 2.67. The summed E-state index contributed by atoms with van der Waals surface area (Å²) < 4.78 is 5.34. The van der Waals surface area contributed by atoms with E-state index < -0.39 is 0 Å². The molecule has 0 atom stereocenters. The highest BCUT2D eigenvalue weighted by molar-refractivity contribution is 7.98. The quantitative estimate of drug-likeness (QED) is 0.433. The predicted octanol–water partition coefficient (Wildman–Crippen LogP) is 5.53. The second kappa shape index (κ2) is 8.04. The molecule has 0 N–H and O–H groups in total. The number of aryl methyl sites for hydroxylation is 1. The summed E-state index contributed by atoms with van der Waals surface area (Å²) in [4.78, 5) is 14.1. The number of carbonyl (C=O) groups is 1. The van der Waals surface area contributed by atoms with Crippen LogP contribution in [0, 0.1) is 6.92 Å². The number of ether oxygens (including phenoxy) is 1. The molecule has 0 aliphatic rings. The van der Waals surface area contributed by atoms with Crippen LogP contribution in [0.3, 0.4) is 0 Å². The topological polar surface area (TPSA) is 26.3 Å². The number of rotatable bonds is 6. The Morgan fingerprint density at radius 1 is 0.960 bits per heavy atom. The molecule has 2 nitrogen and oxygen atoms in total. The lowest BCUT2D eigenvalue weighted by molar-refractivity contribution is 0.103. The van der Waals surface area contributed by atoms with Crippen molar-refractivity contribution >= 4 is 17.5 Å². The molecule has 0 fully saturated rings. The molecule has 0 saturated heterocycles. The van der Waals surface area contributed by atoms with Crippen molar-refractivity contribution < 1.29 is 9.53 Å². The third kappa shape index (κ3) is 4.31. The molecule has 0 unspecified atom stereocenters. The highest BCUT2D eigenvalue weighted by Crippen LogP contribution is 2.28. The Kier molecular flexibility index (Phi) is 5.56. The van der Waals surface area contributed by atoms with Crippen LogP contribution < -0.4 is 4.74 Å². The molecule has 0 heterocycles. The van der Waals surface area contributed by atoms with E-state index in [2.05, 4.69) is 31.2 Å². The lowest BCUT2D eigenvalue weighted by Crippen LogP contribution is -2.05. The number of thioether (sulfide) groups is 1. The smallest absolute Gasteiger partial charge is 0.193 e. The van der Waals surface area contributed by atoms with E-state index in [-0.39, 0.29) is 5.78 Å². The van der Waals surface area contributed by atoms with Crippen LogP contribution in [0.1, 0.15) is 27.0 Å². The van der Waals surface area contributed by atoms with Crippen molar-refractivity contribution in [1.82, 2.24) is 0 Å². The monoisotopic (exact) mass is 348 g/mol. The Morgan fingerprint density at radius 3 is 2.36 bits per heavy atom. The van der Waals surface area contributed by atoms with E-state index in [1.807, 2.05) is 48.5 Å². The molecule has 0 saturated carbocycles. The molecule has 0 aliphatic carbocycles. The second-order valence-corrected chi connectivity index (χ2v) is 6.87. The Bertz CT molecular complexity index is 855. The highest BCUT2D eigenvalue weighted by Gasteiger charge is 2.14. The summed E-state index contributed by atoms with van der Waals surface area (Å²) >= 11 is 1.72. The van der Waals surface area contributed by atoms with Gasteiger partial charge in [-0.3, -0.25) is 4.79 Å². The summed E-state index contributed by atoms with van der Waals surface area (Å²) in [5.41, 5.74) is 3.66. The van der Waals surface area contributed by atoms with Crippen LogP contribution in [0.25, 0.3) is 0 Å². The van der Waals surface area contributed by atoms with Crippen LogP contribution in [0.2, 0.25) is 0 Å². The fraction of sp³-hybridized carbons (Fsp3) is 0.136. The van der Waals surface area contributed by atoms with Gasteiger partial charge in [0.25, 0.3) is 0 Å². The van der Waals surface area contributed by atoms with E-state index in [0.717, 1.165) is 16.9 Å². The summed E-state index contributed by atoms with van der Waals surface area (Å²) in [6.45, 7) is 2.08. The molecule has 25 heavy (non-hydrogen) atoms. The van der Waals surface area contributed by atoms with Crippen LogP contribution in [0.5, 0.6) is 5.75 Å². The first-order valence-corrected chi connectivity index (χ1v) is 9.12. The van der Waals surface area contributed by atoms with E-state index >= 15 is 0 Å². The van der Waals surface area contributed by atoms with Crippen LogP contribution in [-0.4, -0.2) is 12.9 Å². The Hall–Kier alpha value is -2.52. The number of ketones is 1. The number of methoxy groups -OCH3 is 1. The van der Waals surface area contributed by atoms with E-state index in [1.165, 1.54) is 10.5 Å². The molecular formula is C22H20O2S. The van der Waals surface area contributed by atoms with Crippen molar-refractivity contribution in [1.29, 1.82) is 0 Å². The summed E-state index contributed by atoms with van der Waals surface area (Å²) in [5, 5.41) is 0. The number of benzene rings is 3. The first kappa shape index (κ1) is 17.3. The summed E-state index contributed by atoms with van der Waals surface area (Å²) in [5.74, 6) is 1.53. The van der Waals surface area contributed by atoms with Crippen LogP contribution in [0.4, 0.5) is 0 Å². The van der Waals surface area contributed by atoms with Crippen LogP contribution in [-0.2, 0) is 5.75 Å². The van der Waals surface area contributed by atoms with Crippen molar-refractivity contribution in [2.45, 2.75) is 17.6 Å². The predicted molar refractivity (Wildman–Crippen MR) is 104 cm³/mol. The van der Waals surface area contributed by atoms with Gasteiger partial charge in [0.15, 0.2) is 5.78 Å². The van der Waals surface area contributed by atoms with Crippen LogP contribution in [0.15, 0.2) is 77.7 Å². The SMILES string of the molecule is COc1ccc(C(=O)c2ccccc2)c(CSc2ccc(C)cc2)c1. The molecule has 0 spiro atoms. The van der Waals surface area contributed by atoms with Gasteiger partial charge in [0.2, 0.25) is 0 Å². The molecule has 126 valence electrons. The van der Waals surface area contributed by atoms with Crippen molar-refractivity contribution in [2.75, 3.05) is 7.11 Å². The Morgan fingerprint density at radius 2 is 1.68 bits per heavy atom. The lowest BCUT2D eigenvalue weighted by Gasteiger charge is -2.11. The van der Waals surface area contributed by atoms with Gasteiger partial charge in [0, 0.05) is 21.8 Å². The van der Waals surface area contributed by atoms with Gasteiger partial charge in [0.05, 0.1) is 7.11 Å². The zero-order valence-corrected chi connectivity index (χ0v) is 15.2. The van der Waals surface area contributed by atoms with E-state index in [1.54, 1.807) is 18.9 Å². The second-order valence-electron chi connectivity index (χ2n) is 5.82. The zero-order valence-electron chi connectivity index (χ0n) is 14.4. The van der Waals surface area contributed by atoms with Crippen LogP contribution >= 0.6 is 11.8 Å². The van der Waals surface area contributed by atoms with Crippen molar-refractivity contribution in [3.63, 3.8) is 0 Å². The van der Waals surface area contributed by atoms with Gasteiger partial charge in [-0.05, 0) is 42.8 Å². The first-order chi connectivity index (χ1) is 12.2. The molecule has 0 aliphatic heterocycles. The Balaban J connectivity index is 1.88. The normalized spacial score (nSPS) is 10.5. The van der Waals surface area contributed by atoms with E-state index in [9.17, 15) is 4.79 Å². The minimum absolute atomic E-state index is 0.0442.